The maximum atomic E-state index is 12.8. The second-order valence-electron chi connectivity index (χ2n) is 5.77. The normalized spacial score (nSPS) is 13.0. The lowest BCUT2D eigenvalue weighted by atomic mass is 10.1. The Labute approximate surface area is 151 Å². The summed E-state index contributed by atoms with van der Waals surface area (Å²) < 4.78 is 44.0. The molecule has 0 saturated heterocycles. The molecule has 1 atom stereocenters. The van der Waals surface area contributed by atoms with Crippen LogP contribution in [0, 0.1) is 13.8 Å². The maximum Gasteiger partial charge on any atom is 0.453 e. The van der Waals surface area contributed by atoms with E-state index in [0.29, 0.717) is 17.0 Å². The van der Waals surface area contributed by atoms with Crippen LogP contribution in [0.1, 0.15) is 29.2 Å². The minimum atomic E-state index is -4.68. The molecule has 27 heavy (non-hydrogen) atoms. The summed E-state index contributed by atoms with van der Waals surface area (Å²) in [6.45, 7) is 2.97. The first kappa shape index (κ1) is 20.6. The summed E-state index contributed by atoms with van der Waals surface area (Å²) in [7, 11) is 1.21. The molecule has 0 saturated carbocycles. The number of fused-ring (bicyclic) bond motifs is 1. The van der Waals surface area contributed by atoms with E-state index in [2.05, 4.69) is 20.4 Å². The SMILES string of the molecule is COC(CNC(=O)CCc1c(C)nc2nc(C(F)(F)F)nn2c1C)C(=O)O. The van der Waals surface area contributed by atoms with Crippen molar-refractivity contribution in [3.8, 4) is 0 Å². The zero-order valence-electron chi connectivity index (χ0n) is 14.8. The van der Waals surface area contributed by atoms with Gasteiger partial charge in [-0.25, -0.2) is 14.3 Å². The first-order valence-corrected chi connectivity index (χ1v) is 7.87. The van der Waals surface area contributed by atoms with Gasteiger partial charge in [0, 0.05) is 24.9 Å². The van der Waals surface area contributed by atoms with Crippen LogP contribution < -0.4 is 5.32 Å². The number of amides is 1. The molecule has 0 aliphatic rings. The Kier molecular flexibility index (Phi) is 5.98. The van der Waals surface area contributed by atoms with Gasteiger partial charge < -0.3 is 15.2 Å². The van der Waals surface area contributed by atoms with E-state index in [1.54, 1.807) is 13.8 Å². The maximum absolute atomic E-state index is 12.8. The molecule has 0 bridgehead atoms. The average molecular weight is 389 g/mol. The van der Waals surface area contributed by atoms with Crippen LogP contribution in [-0.2, 0) is 26.9 Å². The van der Waals surface area contributed by atoms with Crippen molar-refractivity contribution < 1.29 is 32.6 Å². The summed E-state index contributed by atoms with van der Waals surface area (Å²) in [5.74, 6) is -3.08. The molecule has 0 fully saturated rings. The highest BCUT2D eigenvalue weighted by Crippen LogP contribution is 2.27. The van der Waals surface area contributed by atoms with E-state index in [1.807, 2.05) is 0 Å². The first-order valence-electron chi connectivity index (χ1n) is 7.87. The van der Waals surface area contributed by atoms with Crippen LogP contribution in [0.3, 0.4) is 0 Å². The van der Waals surface area contributed by atoms with Gasteiger partial charge in [0.05, 0.1) is 6.54 Å². The lowest BCUT2D eigenvalue weighted by Crippen LogP contribution is -2.37. The van der Waals surface area contributed by atoms with E-state index in [-0.39, 0.29) is 25.2 Å². The van der Waals surface area contributed by atoms with Crippen molar-refractivity contribution in [1.82, 2.24) is 24.9 Å². The number of ether oxygens (including phenoxy) is 1. The number of methoxy groups -OCH3 is 1. The highest BCUT2D eigenvalue weighted by Gasteiger charge is 2.37. The van der Waals surface area contributed by atoms with Crippen molar-refractivity contribution in [2.75, 3.05) is 13.7 Å². The van der Waals surface area contributed by atoms with Crippen LogP contribution in [0.2, 0.25) is 0 Å². The van der Waals surface area contributed by atoms with E-state index in [0.717, 1.165) is 4.52 Å². The first-order chi connectivity index (χ1) is 12.5. The highest BCUT2D eigenvalue weighted by molar-refractivity contribution is 5.78. The lowest BCUT2D eigenvalue weighted by molar-refractivity contribution is -0.148. The molecule has 0 aromatic carbocycles. The van der Waals surface area contributed by atoms with Crippen LogP contribution in [0.4, 0.5) is 13.2 Å². The summed E-state index contributed by atoms with van der Waals surface area (Å²) in [4.78, 5) is 30.1. The van der Waals surface area contributed by atoms with Gasteiger partial charge in [0.1, 0.15) is 0 Å². The molecule has 0 aliphatic heterocycles. The zero-order chi connectivity index (χ0) is 20.4. The molecule has 0 aliphatic carbocycles. The van der Waals surface area contributed by atoms with E-state index >= 15 is 0 Å². The largest absolute Gasteiger partial charge is 0.479 e. The topological polar surface area (TPSA) is 119 Å². The number of aryl methyl sites for hydroxylation is 2. The van der Waals surface area contributed by atoms with Gasteiger partial charge in [-0.3, -0.25) is 4.79 Å². The molecule has 9 nitrogen and oxygen atoms in total. The molecule has 2 aromatic heterocycles. The number of aromatic nitrogens is 4. The molecular weight excluding hydrogens is 371 g/mol. The fourth-order valence-electron chi connectivity index (χ4n) is 2.50. The Balaban J connectivity index is 2.12. The van der Waals surface area contributed by atoms with Crippen molar-refractivity contribution in [3.05, 3.63) is 22.8 Å². The monoisotopic (exact) mass is 389 g/mol. The molecule has 0 radical (unpaired) electrons. The van der Waals surface area contributed by atoms with Crippen molar-refractivity contribution in [3.63, 3.8) is 0 Å². The van der Waals surface area contributed by atoms with E-state index in [4.69, 9.17) is 9.84 Å². The van der Waals surface area contributed by atoms with E-state index in [9.17, 15) is 22.8 Å². The second kappa shape index (κ2) is 7.86. The summed E-state index contributed by atoms with van der Waals surface area (Å²) >= 11 is 0. The number of rotatable bonds is 7. The third kappa shape index (κ3) is 4.70. The Morgan fingerprint density at radius 3 is 2.52 bits per heavy atom. The Bertz CT molecular complexity index is 865. The summed E-state index contributed by atoms with van der Waals surface area (Å²) in [5, 5.41) is 14.7. The molecule has 0 spiro atoms. The fourth-order valence-corrected chi connectivity index (χ4v) is 2.50. The summed E-state index contributed by atoms with van der Waals surface area (Å²) in [5.41, 5.74) is 1.40. The van der Waals surface area contributed by atoms with Crippen LogP contribution in [0.5, 0.6) is 0 Å². The molecule has 2 N–H and O–H groups in total. The van der Waals surface area contributed by atoms with Crippen LogP contribution in [0.15, 0.2) is 0 Å². The number of nitrogens with one attached hydrogen (secondary N) is 1. The molecule has 2 rings (SSSR count). The standard InChI is InChI=1S/C15H18F3N5O4/c1-7-9(4-5-11(24)19-6-10(27-3)12(25)26)8(2)23-14(20-7)21-13(22-23)15(16,17)18/h10H,4-6H2,1-3H3,(H,19,24)(H,25,26). The number of carboxylic acid groups (broad SMARTS) is 1. The van der Waals surface area contributed by atoms with Crippen LogP contribution in [-0.4, -0.2) is 56.3 Å². The fraction of sp³-hybridized carbons (Fsp3) is 0.533. The number of carboxylic acids is 1. The van der Waals surface area contributed by atoms with Crippen LogP contribution in [0.25, 0.3) is 5.78 Å². The molecular formula is C15H18F3N5O4. The minimum absolute atomic E-state index is 0.00819. The minimum Gasteiger partial charge on any atom is -0.479 e. The molecule has 2 aromatic rings. The number of hydrogen-bond acceptors (Lipinski definition) is 6. The number of halogens is 3. The molecule has 12 heteroatoms. The molecule has 2 heterocycles. The number of carbonyl (C=O) groups is 2. The van der Waals surface area contributed by atoms with Gasteiger partial charge in [0.15, 0.2) is 6.10 Å². The van der Waals surface area contributed by atoms with Crippen molar-refractivity contribution >= 4 is 17.7 Å². The Morgan fingerprint density at radius 1 is 1.30 bits per heavy atom. The van der Waals surface area contributed by atoms with Gasteiger partial charge >= 0.3 is 12.1 Å². The van der Waals surface area contributed by atoms with Gasteiger partial charge in [-0.1, -0.05) is 0 Å². The zero-order valence-corrected chi connectivity index (χ0v) is 14.8. The van der Waals surface area contributed by atoms with Crippen LogP contribution >= 0.6 is 0 Å². The molecule has 1 unspecified atom stereocenters. The smallest absolute Gasteiger partial charge is 0.453 e. The quantitative estimate of drug-likeness (QED) is 0.722. The van der Waals surface area contributed by atoms with Gasteiger partial charge in [0.25, 0.3) is 11.6 Å². The van der Waals surface area contributed by atoms with Crippen molar-refractivity contribution in [2.45, 2.75) is 39.0 Å². The summed E-state index contributed by atoms with van der Waals surface area (Å²) in [6.07, 6.45) is -5.66. The third-order valence-corrected chi connectivity index (χ3v) is 3.95. The van der Waals surface area contributed by atoms with Gasteiger partial charge in [-0.05, 0) is 25.8 Å². The third-order valence-electron chi connectivity index (χ3n) is 3.95. The number of carbonyl (C=O) groups excluding carboxylic acids is 1. The molecule has 148 valence electrons. The molecule has 1 amide bonds. The highest BCUT2D eigenvalue weighted by atomic mass is 19.4. The second-order valence-corrected chi connectivity index (χ2v) is 5.77. The lowest BCUT2D eigenvalue weighted by Gasteiger charge is -2.13. The number of aliphatic carboxylic acids is 1. The van der Waals surface area contributed by atoms with Crippen molar-refractivity contribution in [1.29, 1.82) is 0 Å². The van der Waals surface area contributed by atoms with E-state index in [1.165, 1.54) is 7.11 Å². The number of hydrogen-bond donors (Lipinski definition) is 2. The van der Waals surface area contributed by atoms with Gasteiger partial charge in [-0.2, -0.15) is 18.2 Å². The number of nitrogens with zero attached hydrogens (tertiary/aromatic N) is 4. The Hall–Kier alpha value is -2.76. The Morgan fingerprint density at radius 2 is 1.96 bits per heavy atom. The number of alkyl halides is 3. The van der Waals surface area contributed by atoms with Gasteiger partial charge in [-0.15, -0.1) is 5.10 Å². The average Bonchev–Trinajstić information content (AvgIpc) is 2.99. The van der Waals surface area contributed by atoms with Crippen molar-refractivity contribution in [2.24, 2.45) is 0 Å². The summed E-state index contributed by atoms with van der Waals surface area (Å²) in [6, 6.07) is 0. The predicted octanol–water partition coefficient (Wildman–Crippen LogP) is 0.908. The van der Waals surface area contributed by atoms with Gasteiger partial charge in [0.2, 0.25) is 5.91 Å². The van der Waals surface area contributed by atoms with E-state index < -0.39 is 30.0 Å². The predicted molar refractivity (Wildman–Crippen MR) is 85.0 cm³/mol.